The number of rotatable bonds is 12. The van der Waals surface area contributed by atoms with Gasteiger partial charge in [-0.05, 0) is 77.8 Å². The second-order valence-corrected chi connectivity index (χ2v) is 9.94. The van der Waals surface area contributed by atoms with Crippen molar-refractivity contribution in [2.24, 2.45) is 0 Å². The van der Waals surface area contributed by atoms with Gasteiger partial charge in [0.1, 0.15) is 24.7 Å². The summed E-state index contributed by atoms with van der Waals surface area (Å²) in [5, 5.41) is 2.80. The first-order valence-corrected chi connectivity index (χ1v) is 13.6. The summed E-state index contributed by atoms with van der Waals surface area (Å²) >= 11 is 0. The van der Waals surface area contributed by atoms with Crippen molar-refractivity contribution >= 4 is 5.91 Å². The first-order valence-electron chi connectivity index (χ1n) is 13.6. The van der Waals surface area contributed by atoms with Crippen LogP contribution in [0.15, 0.2) is 91.0 Å². The lowest BCUT2D eigenvalue weighted by molar-refractivity contribution is -0.137. The van der Waals surface area contributed by atoms with Crippen molar-refractivity contribution in [1.82, 2.24) is 5.32 Å². The second-order valence-electron chi connectivity index (χ2n) is 9.94. The van der Waals surface area contributed by atoms with Gasteiger partial charge in [-0.2, -0.15) is 13.2 Å². The van der Waals surface area contributed by atoms with Crippen LogP contribution in [0.1, 0.15) is 47.6 Å². The standard InChI is InChI=1S/C34H34F3NO3/c1-24-29(12-8-13-32(24)27-9-4-3-5-10-27)23-40-31-19-16-28(11-6-7-20-38-25(2)39)33(21-31)41-22-26-14-17-30(18-15-26)34(35,36)37/h3-5,8-10,12-19,21H,6-7,11,20,22-23H2,1-2H3,(H,38,39). The molecule has 4 aromatic carbocycles. The quantitative estimate of drug-likeness (QED) is 0.177. The van der Waals surface area contributed by atoms with Gasteiger partial charge in [0.15, 0.2) is 0 Å². The number of benzene rings is 4. The van der Waals surface area contributed by atoms with Crippen LogP contribution in [0, 0.1) is 6.92 Å². The highest BCUT2D eigenvalue weighted by Crippen LogP contribution is 2.31. The molecule has 0 unspecified atom stereocenters. The lowest BCUT2D eigenvalue weighted by atomic mass is 9.97. The normalized spacial score (nSPS) is 11.2. The summed E-state index contributed by atoms with van der Waals surface area (Å²) in [4.78, 5) is 11.1. The van der Waals surface area contributed by atoms with Crippen molar-refractivity contribution in [3.8, 4) is 22.6 Å². The van der Waals surface area contributed by atoms with Gasteiger partial charge in [0.2, 0.25) is 5.91 Å². The van der Waals surface area contributed by atoms with E-state index in [9.17, 15) is 18.0 Å². The minimum atomic E-state index is -4.38. The predicted octanol–water partition coefficient (Wildman–Crippen LogP) is 8.30. The molecule has 4 nitrogen and oxygen atoms in total. The van der Waals surface area contributed by atoms with E-state index in [-0.39, 0.29) is 12.5 Å². The van der Waals surface area contributed by atoms with Crippen LogP contribution < -0.4 is 14.8 Å². The topological polar surface area (TPSA) is 47.6 Å². The fraction of sp³-hybridized carbons (Fsp3) is 0.265. The zero-order chi connectivity index (χ0) is 29.2. The Balaban J connectivity index is 1.47. The third-order valence-electron chi connectivity index (χ3n) is 6.89. The number of hydrogen-bond donors (Lipinski definition) is 1. The van der Waals surface area contributed by atoms with Crippen molar-refractivity contribution < 1.29 is 27.4 Å². The average molecular weight is 562 g/mol. The molecule has 0 atom stereocenters. The van der Waals surface area contributed by atoms with Crippen LogP contribution in [0.4, 0.5) is 13.2 Å². The Hall–Kier alpha value is -4.26. The first kappa shape index (κ1) is 29.7. The first-order chi connectivity index (χ1) is 19.7. The number of aryl methyl sites for hydroxylation is 1. The van der Waals surface area contributed by atoms with Crippen molar-refractivity contribution in [2.45, 2.75) is 52.5 Å². The second kappa shape index (κ2) is 13.9. The SMILES string of the molecule is CC(=O)NCCCCc1ccc(OCc2cccc(-c3ccccc3)c2C)cc1OCc1ccc(C(F)(F)F)cc1. The van der Waals surface area contributed by atoms with Crippen molar-refractivity contribution in [3.63, 3.8) is 0 Å². The number of amides is 1. The summed E-state index contributed by atoms with van der Waals surface area (Å²) in [6.07, 6.45) is -2.01. The van der Waals surface area contributed by atoms with E-state index in [0.717, 1.165) is 59.2 Å². The van der Waals surface area contributed by atoms with Gasteiger partial charge in [-0.15, -0.1) is 0 Å². The zero-order valence-corrected chi connectivity index (χ0v) is 23.3. The molecule has 0 fully saturated rings. The minimum Gasteiger partial charge on any atom is -0.489 e. The smallest absolute Gasteiger partial charge is 0.416 e. The summed E-state index contributed by atoms with van der Waals surface area (Å²) in [6, 6.07) is 27.1. The molecule has 41 heavy (non-hydrogen) atoms. The van der Waals surface area contributed by atoms with Gasteiger partial charge < -0.3 is 14.8 Å². The Morgan fingerprint density at radius 2 is 1.56 bits per heavy atom. The van der Waals surface area contributed by atoms with Crippen molar-refractivity contribution in [2.75, 3.05) is 6.54 Å². The van der Waals surface area contributed by atoms with Crippen molar-refractivity contribution in [3.05, 3.63) is 119 Å². The molecule has 214 valence electrons. The van der Waals surface area contributed by atoms with E-state index in [1.165, 1.54) is 19.1 Å². The molecule has 0 spiro atoms. The van der Waals surface area contributed by atoms with Crippen LogP contribution >= 0.6 is 0 Å². The molecule has 7 heteroatoms. The third-order valence-corrected chi connectivity index (χ3v) is 6.89. The average Bonchev–Trinajstić information content (AvgIpc) is 2.96. The Morgan fingerprint density at radius 3 is 2.27 bits per heavy atom. The maximum Gasteiger partial charge on any atom is 0.416 e. The van der Waals surface area contributed by atoms with Crippen LogP contribution in [0.25, 0.3) is 11.1 Å². The van der Waals surface area contributed by atoms with E-state index in [4.69, 9.17) is 9.47 Å². The molecule has 0 aromatic heterocycles. The molecule has 0 aliphatic carbocycles. The third kappa shape index (κ3) is 8.61. The molecule has 0 saturated heterocycles. The van der Waals surface area contributed by atoms with Crippen LogP contribution in [-0.4, -0.2) is 12.5 Å². The highest BCUT2D eigenvalue weighted by atomic mass is 19.4. The number of alkyl halides is 3. The molecule has 4 rings (SSSR count). The zero-order valence-electron chi connectivity index (χ0n) is 23.3. The number of carbonyl (C=O) groups is 1. The van der Waals surface area contributed by atoms with E-state index in [0.29, 0.717) is 30.2 Å². The summed E-state index contributed by atoms with van der Waals surface area (Å²) in [5.74, 6) is 1.20. The van der Waals surface area contributed by atoms with Gasteiger partial charge in [-0.25, -0.2) is 0 Å². The predicted molar refractivity (Wildman–Crippen MR) is 155 cm³/mol. The van der Waals surface area contributed by atoms with Gasteiger partial charge in [-0.1, -0.05) is 66.7 Å². The number of carbonyl (C=O) groups excluding carboxylic acids is 1. The molecule has 0 heterocycles. The van der Waals surface area contributed by atoms with Crippen molar-refractivity contribution in [1.29, 1.82) is 0 Å². The molecule has 0 radical (unpaired) electrons. The summed E-state index contributed by atoms with van der Waals surface area (Å²) < 4.78 is 51.1. The van der Waals surface area contributed by atoms with E-state index in [1.54, 1.807) is 0 Å². The van der Waals surface area contributed by atoms with E-state index in [1.807, 2.05) is 48.5 Å². The van der Waals surface area contributed by atoms with Gasteiger partial charge in [0.25, 0.3) is 0 Å². The molecule has 0 aliphatic rings. The highest BCUT2D eigenvalue weighted by molar-refractivity contribution is 5.72. The number of ether oxygens (including phenoxy) is 2. The molecular formula is C34H34F3NO3. The Labute approximate surface area is 239 Å². The fourth-order valence-corrected chi connectivity index (χ4v) is 4.55. The van der Waals surface area contributed by atoms with Gasteiger partial charge >= 0.3 is 6.18 Å². The summed E-state index contributed by atoms with van der Waals surface area (Å²) in [5.41, 5.74) is 5.43. The van der Waals surface area contributed by atoms with Gasteiger partial charge in [0.05, 0.1) is 5.56 Å². The minimum absolute atomic E-state index is 0.0587. The monoisotopic (exact) mass is 561 g/mol. The van der Waals surface area contributed by atoms with Crippen LogP contribution in [0.3, 0.4) is 0 Å². The summed E-state index contributed by atoms with van der Waals surface area (Å²) in [7, 11) is 0. The Bertz CT molecular complexity index is 1430. The molecule has 0 bridgehead atoms. The molecule has 1 N–H and O–H groups in total. The van der Waals surface area contributed by atoms with Gasteiger partial charge in [-0.3, -0.25) is 4.79 Å². The Morgan fingerprint density at radius 1 is 0.805 bits per heavy atom. The molecule has 0 saturated carbocycles. The number of halogens is 3. The largest absolute Gasteiger partial charge is 0.489 e. The lowest BCUT2D eigenvalue weighted by Crippen LogP contribution is -2.20. The number of hydrogen-bond acceptors (Lipinski definition) is 3. The lowest BCUT2D eigenvalue weighted by Gasteiger charge is -2.16. The number of unbranched alkanes of at least 4 members (excludes halogenated alkanes) is 1. The van der Waals surface area contributed by atoms with Crippen LogP contribution in [-0.2, 0) is 30.6 Å². The highest BCUT2D eigenvalue weighted by Gasteiger charge is 2.29. The maximum atomic E-state index is 12.9. The van der Waals surface area contributed by atoms with E-state index >= 15 is 0 Å². The van der Waals surface area contributed by atoms with Crippen LogP contribution in [0.5, 0.6) is 11.5 Å². The Kier molecular flexibility index (Phi) is 10.1. The summed E-state index contributed by atoms with van der Waals surface area (Å²) in [6.45, 7) is 4.67. The fourth-order valence-electron chi connectivity index (χ4n) is 4.55. The molecule has 1 amide bonds. The molecular weight excluding hydrogens is 527 g/mol. The van der Waals surface area contributed by atoms with Crippen LogP contribution in [0.2, 0.25) is 0 Å². The molecule has 0 aliphatic heterocycles. The van der Waals surface area contributed by atoms with E-state index < -0.39 is 11.7 Å². The van der Waals surface area contributed by atoms with E-state index in [2.05, 4.69) is 30.4 Å². The molecule has 4 aromatic rings. The van der Waals surface area contributed by atoms with Gasteiger partial charge in [0, 0.05) is 19.5 Å². The maximum absolute atomic E-state index is 12.9. The number of nitrogens with one attached hydrogen (secondary N) is 1.